The number of benzene rings is 3. The second-order valence-corrected chi connectivity index (χ2v) is 11.3. The lowest BCUT2D eigenvalue weighted by Crippen LogP contribution is -2.39. The van der Waals surface area contributed by atoms with E-state index in [1.807, 2.05) is 62.4 Å². The molecule has 9 nitrogen and oxygen atoms in total. The number of methoxy groups -OCH3 is 1. The summed E-state index contributed by atoms with van der Waals surface area (Å²) in [5.74, 6) is 0.00183. The molecular weight excluding hydrogens is 578 g/mol. The Bertz CT molecular complexity index is 1940. The zero-order chi connectivity index (χ0) is 31.4. The lowest BCUT2D eigenvalue weighted by Gasteiger charge is -2.24. The summed E-state index contributed by atoms with van der Waals surface area (Å²) >= 11 is 1.24. The summed E-state index contributed by atoms with van der Waals surface area (Å²) in [6, 6.07) is 19.8. The van der Waals surface area contributed by atoms with Crippen molar-refractivity contribution < 1.29 is 23.8 Å². The summed E-state index contributed by atoms with van der Waals surface area (Å²) in [6.07, 6.45) is 1.75. The zero-order valence-electron chi connectivity index (χ0n) is 25.2. The third kappa shape index (κ3) is 6.35. The first-order valence-corrected chi connectivity index (χ1v) is 14.9. The number of hydrogen-bond donors (Lipinski definition) is 1. The Balaban J connectivity index is 1.46. The first kappa shape index (κ1) is 30.5. The number of ether oxygens (including phenoxy) is 3. The highest BCUT2D eigenvalue weighted by Crippen LogP contribution is 2.31. The van der Waals surface area contributed by atoms with Gasteiger partial charge in [-0.05, 0) is 68.7 Å². The molecule has 0 saturated carbocycles. The van der Waals surface area contributed by atoms with E-state index in [0.717, 1.165) is 22.4 Å². The van der Waals surface area contributed by atoms with Gasteiger partial charge in [0, 0.05) is 5.69 Å². The summed E-state index contributed by atoms with van der Waals surface area (Å²) in [7, 11) is 1.51. The van der Waals surface area contributed by atoms with Crippen LogP contribution in [0.25, 0.3) is 6.08 Å². The van der Waals surface area contributed by atoms with Crippen molar-refractivity contribution in [3.63, 3.8) is 0 Å². The average molecular weight is 612 g/mol. The predicted molar refractivity (Wildman–Crippen MR) is 170 cm³/mol. The number of hydrogen-bond acceptors (Lipinski definition) is 8. The number of para-hydroxylation sites is 1. The second-order valence-electron chi connectivity index (χ2n) is 10.3. The standard InChI is InChI=1S/C34H33N3O6S/c1-6-42-33(40)30-22(4)35-34-37(31(30)24-14-11-20(2)12-15-24)32(39)28(44-34)18-23-13-16-26(27(17-23)41-5)43-19-29(38)36-25-10-8-7-9-21(25)3/h7-18,31H,6,19H2,1-5H3,(H,36,38)/b28-18+/t31-/m0/s1. The molecule has 1 aliphatic rings. The number of carbonyl (C=O) groups is 2. The van der Waals surface area contributed by atoms with Crippen molar-refractivity contribution in [3.05, 3.63) is 120 Å². The monoisotopic (exact) mass is 611 g/mol. The minimum Gasteiger partial charge on any atom is -0.493 e. The second kappa shape index (κ2) is 13.1. The largest absolute Gasteiger partial charge is 0.493 e. The maximum atomic E-state index is 13.9. The Morgan fingerprint density at radius 3 is 2.48 bits per heavy atom. The van der Waals surface area contributed by atoms with Gasteiger partial charge in [-0.15, -0.1) is 0 Å². The van der Waals surface area contributed by atoms with Crippen LogP contribution in [-0.2, 0) is 14.3 Å². The first-order valence-electron chi connectivity index (χ1n) is 14.1. The number of amides is 1. The van der Waals surface area contributed by atoms with E-state index >= 15 is 0 Å². The van der Waals surface area contributed by atoms with E-state index in [9.17, 15) is 14.4 Å². The van der Waals surface area contributed by atoms with Gasteiger partial charge < -0.3 is 19.5 Å². The molecule has 0 fully saturated rings. The quantitative estimate of drug-likeness (QED) is 0.281. The molecule has 1 amide bonds. The fraction of sp³-hybridized carbons (Fsp3) is 0.235. The van der Waals surface area contributed by atoms with Crippen LogP contribution < -0.4 is 29.7 Å². The molecule has 3 aromatic carbocycles. The summed E-state index contributed by atoms with van der Waals surface area (Å²) in [4.78, 5) is 44.6. The molecule has 1 aromatic heterocycles. The summed E-state index contributed by atoms with van der Waals surface area (Å²) < 4.78 is 18.6. The van der Waals surface area contributed by atoms with Crippen LogP contribution in [0.2, 0.25) is 0 Å². The van der Waals surface area contributed by atoms with Gasteiger partial charge in [0.25, 0.3) is 11.5 Å². The van der Waals surface area contributed by atoms with E-state index in [2.05, 4.69) is 10.3 Å². The molecule has 2 heterocycles. The van der Waals surface area contributed by atoms with Crippen molar-refractivity contribution in [2.24, 2.45) is 4.99 Å². The van der Waals surface area contributed by atoms with Gasteiger partial charge in [0.15, 0.2) is 22.9 Å². The van der Waals surface area contributed by atoms with Gasteiger partial charge >= 0.3 is 5.97 Å². The predicted octanol–water partition coefficient (Wildman–Crippen LogP) is 4.44. The molecule has 44 heavy (non-hydrogen) atoms. The Labute approximate surface area is 258 Å². The van der Waals surface area contributed by atoms with Crippen LogP contribution in [0.15, 0.2) is 87.8 Å². The van der Waals surface area contributed by atoms with Gasteiger partial charge in [-0.2, -0.15) is 0 Å². The topological polar surface area (TPSA) is 108 Å². The summed E-state index contributed by atoms with van der Waals surface area (Å²) in [6.45, 7) is 7.40. The van der Waals surface area contributed by atoms with E-state index in [1.54, 1.807) is 42.7 Å². The number of nitrogens with zero attached hydrogens (tertiary/aromatic N) is 2. The SMILES string of the molecule is CCOC(=O)C1=C(C)N=c2s/c(=C/c3ccc(OCC(=O)Nc4ccccc4C)c(OC)c3)c(=O)n2[C@H]1c1ccc(C)cc1. The van der Waals surface area contributed by atoms with E-state index in [4.69, 9.17) is 14.2 Å². The van der Waals surface area contributed by atoms with Crippen molar-refractivity contribution >= 4 is 35.0 Å². The van der Waals surface area contributed by atoms with Crippen LogP contribution in [0.5, 0.6) is 11.5 Å². The van der Waals surface area contributed by atoms with Gasteiger partial charge in [0.1, 0.15) is 0 Å². The van der Waals surface area contributed by atoms with Crippen molar-refractivity contribution in [2.45, 2.75) is 33.7 Å². The van der Waals surface area contributed by atoms with E-state index < -0.39 is 12.0 Å². The molecule has 4 aromatic rings. The summed E-state index contributed by atoms with van der Waals surface area (Å²) in [5, 5.41) is 2.84. The van der Waals surface area contributed by atoms with Crippen molar-refractivity contribution in [2.75, 3.05) is 25.6 Å². The summed E-state index contributed by atoms with van der Waals surface area (Å²) in [5.41, 5.74) is 4.78. The first-order chi connectivity index (χ1) is 21.2. The van der Waals surface area contributed by atoms with Crippen LogP contribution in [0.1, 0.15) is 42.1 Å². The number of rotatable bonds is 9. The normalized spacial score (nSPS) is 14.5. The van der Waals surface area contributed by atoms with Crippen LogP contribution in [-0.4, -0.2) is 36.8 Å². The maximum Gasteiger partial charge on any atom is 0.338 e. The minimum absolute atomic E-state index is 0.205. The van der Waals surface area contributed by atoms with Gasteiger partial charge in [0.05, 0.1) is 35.6 Å². The number of anilines is 1. The number of allylic oxidation sites excluding steroid dienone is 1. The third-order valence-electron chi connectivity index (χ3n) is 7.17. The highest BCUT2D eigenvalue weighted by atomic mass is 32.1. The van der Waals surface area contributed by atoms with Crippen molar-refractivity contribution in [1.29, 1.82) is 0 Å². The molecule has 0 unspecified atom stereocenters. The molecule has 0 spiro atoms. The number of nitrogens with one attached hydrogen (secondary N) is 1. The fourth-order valence-corrected chi connectivity index (χ4v) is 5.99. The fourth-order valence-electron chi connectivity index (χ4n) is 4.94. The van der Waals surface area contributed by atoms with Gasteiger partial charge in [-0.3, -0.25) is 14.2 Å². The molecule has 0 saturated heterocycles. The Morgan fingerprint density at radius 2 is 1.77 bits per heavy atom. The van der Waals surface area contributed by atoms with Crippen LogP contribution in [0, 0.1) is 13.8 Å². The molecule has 1 N–H and O–H groups in total. The highest BCUT2D eigenvalue weighted by Gasteiger charge is 2.33. The number of carbonyl (C=O) groups excluding carboxylic acids is 2. The molecule has 5 rings (SSSR count). The number of fused-ring (bicyclic) bond motifs is 1. The Kier molecular flexibility index (Phi) is 9.10. The van der Waals surface area contributed by atoms with E-state index in [-0.39, 0.29) is 24.7 Å². The van der Waals surface area contributed by atoms with Crippen molar-refractivity contribution in [3.8, 4) is 11.5 Å². The smallest absolute Gasteiger partial charge is 0.338 e. The highest BCUT2D eigenvalue weighted by molar-refractivity contribution is 7.07. The molecule has 0 bridgehead atoms. The van der Waals surface area contributed by atoms with Gasteiger partial charge in [-0.25, -0.2) is 9.79 Å². The molecular formula is C34H33N3O6S. The maximum absolute atomic E-state index is 13.9. The van der Waals surface area contributed by atoms with Crippen LogP contribution >= 0.6 is 11.3 Å². The van der Waals surface area contributed by atoms with Gasteiger partial charge in [0.2, 0.25) is 0 Å². The molecule has 1 aliphatic heterocycles. The average Bonchev–Trinajstić information content (AvgIpc) is 3.31. The third-order valence-corrected chi connectivity index (χ3v) is 8.16. The van der Waals surface area contributed by atoms with Crippen molar-refractivity contribution in [1.82, 2.24) is 4.57 Å². The Hall–Kier alpha value is -4.96. The minimum atomic E-state index is -0.677. The van der Waals surface area contributed by atoms with E-state index in [1.165, 1.54) is 18.4 Å². The number of esters is 1. The number of aryl methyl sites for hydroxylation is 2. The molecule has 0 radical (unpaired) electrons. The number of aromatic nitrogens is 1. The molecule has 1 atom stereocenters. The molecule has 0 aliphatic carbocycles. The lowest BCUT2D eigenvalue weighted by atomic mass is 9.95. The van der Waals surface area contributed by atoms with Gasteiger partial charge in [-0.1, -0.05) is 65.4 Å². The van der Waals surface area contributed by atoms with Crippen LogP contribution in [0.3, 0.4) is 0 Å². The molecule has 226 valence electrons. The zero-order valence-corrected chi connectivity index (χ0v) is 26.0. The Morgan fingerprint density at radius 1 is 1.02 bits per heavy atom. The molecule has 10 heteroatoms. The number of thiazole rings is 1. The lowest BCUT2D eigenvalue weighted by molar-refractivity contribution is -0.139. The van der Waals surface area contributed by atoms with E-state index in [0.29, 0.717) is 37.7 Å². The van der Waals surface area contributed by atoms with Crippen LogP contribution in [0.4, 0.5) is 5.69 Å².